The fourth-order valence-electron chi connectivity index (χ4n) is 2.66. The maximum absolute atomic E-state index is 12.2. The maximum Gasteiger partial charge on any atom is 0.270 e. The Balaban J connectivity index is 2.04. The molecule has 0 radical (unpaired) electrons. The van der Waals surface area contributed by atoms with Gasteiger partial charge in [0.05, 0.1) is 4.92 Å². The number of non-ortho nitro benzene ring substituents is 1. The van der Waals surface area contributed by atoms with E-state index in [4.69, 9.17) is 0 Å². The van der Waals surface area contributed by atoms with Gasteiger partial charge in [-0.05, 0) is 43.4 Å². The highest BCUT2D eigenvalue weighted by Gasteiger charge is 2.27. The van der Waals surface area contributed by atoms with Gasteiger partial charge in [-0.1, -0.05) is 6.92 Å². The standard InChI is InChI=1S/C15H21N3O3/c1-11-6-12(8-13(7-11)18(20)21)14(19)17-10-15(2)4-3-5-16-9-15/h6-8,16H,3-5,9-10H2,1-2H3,(H,17,19). The van der Waals surface area contributed by atoms with Crippen molar-refractivity contribution in [3.63, 3.8) is 0 Å². The number of aryl methyl sites for hydroxylation is 1. The molecule has 114 valence electrons. The van der Waals surface area contributed by atoms with E-state index in [-0.39, 0.29) is 17.0 Å². The predicted octanol–water partition coefficient (Wildman–Crippen LogP) is 2.02. The molecule has 1 aromatic rings. The van der Waals surface area contributed by atoms with Gasteiger partial charge in [-0.3, -0.25) is 14.9 Å². The van der Waals surface area contributed by atoms with Crippen LogP contribution in [0.5, 0.6) is 0 Å². The van der Waals surface area contributed by atoms with Gasteiger partial charge in [-0.15, -0.1) is 0 Å². The number of hydrogen-bond acceptors (Lipinski definition) is 4. The third-order valence-electron chi connectivity index (χ3n) is 3.90. The molecule has 1 amide bonds. The van der Waals surface area contributed by atoms with Gasteiger partial charge >= 0.3 is 0 Å². The highest BCUT2D eigenvalue weighted by molar-refractivity contribution is 5.95. The summed E-state index contributed by atoms with van der Waals surface area (Å²) in [4.78, 5) is 22.6. The van der Waals surface area contributed by atoms with E-state index in [1.807, 2.05) is 0 Å². The summed E-state index contributed by atoms with van der Waals surface area (Å²) in [5, 5.41) is 17.1. The molecule has 0 bridgehead atoms. The number of nitrogens with one attached hydrogen (secondary N) is 2. The zero-order valence-corrected chi connectivity index (χ0v) is 12.4. The van der Waals surface area contributed by atoms with Crippen LogP contribution in [0.15, 0.2) is 18.2 Å². The van der Waals surface area contributed by atoms with E-state index < -0.39 is 4.92 Å². The molecule has 1 saturated heterocycles. The molecule has 1 unspecified atom stereocenters. The molecule has 2 N–H and O–H groups in total. The summed E-state index contributed by atoms with van der Waals surface area (Å²) in [5.41, 5.74) is 1.04. The molecule has 0 aromatic heterocycles. The van der Waals surface area contributed by atoms with Crippen LogP contribution in [-0.4, -0.2) is 30.5 Å². The SMILES string of the molecule is Cc1cc(C(=O)NCC2(C)CCCNC2)cc([N+](=O)[O-])c1. The van der Waals surface area contributed by atoms with Crippen LogP contribution in [0.1, 0.15) is 35.7 Å². The number of hydrogen-bond donors (Lipinski definition) is 2. The van der Waals surface area contributed by atoms with Gasteiger partial charge in [-0.25, -0.2) is 0 Å². The first-order valence-corrected chi connectivity index (χ1v) is 7.15. The Hall–Kier alpha value is -1.95. The second kappa shape index (κ2) is 6.22. The third-order valence-corrected chi connectivity index (χ3v) is 3.90. The number of rotatable bonds is 4. The second-order valence-corrected chi connectivity index (χ2v) is 6.09. The maximum atomic E-state index is 12.2. The predicted molar refractivity (Wildman–Crippen MR) is 80.4 cm³/mol. The molecular weight excluding hydrogens is 270 g/mol. The molecule has 6 nitrogen and oxygen atoms in total. The molecule has 0 saturated carbocycles. The normalized spacial score (nSPS) is 21.8. The molecule has 1 aliphatic heterocycles. The fraction of sp³-hybridized carbons (Fsp3) is 0.533. The smallest absolute Gasteiger partial charge is 0.270 e. The van der Waals surface area contributed by atoms with Crippen molar-refractivity contribution in [2.45, 2.75) is 26.7 Å². The molecule has 1 fully saturated rings. The van der Waals surface area contributed by atoms with Gasteiger partial charge in [0.25, 0.3) is 11.6 Å². The van der Waals surface area contributed by atoms with Crippen LogP contribution in [-0.2, 0) is 0 Å². The fourth-order valence-corrected chi connectivity index (χ4v) is 2.66. The van der Waals surface area contributed by atoms with E-state index in [0.29, 0.717) is 17.7 Å². The molecular formula is C15H21N3O3. The van der Waals surface area contributed by atoms with Gasteiger partial charge < -0.3 is 10.6 Å². The van der Waals surface area contributed by atoms with Gasteiger partial charge in [0, 0.05) is 30.8 Å². The Morgan fingerprint density at radius 1 is 1.48 bits per heavy atom. The number of nitro benzene ring substituents is 1. The van der Waals surface area contributed by atoms with E-state index in [1.54, 1.807) is 13.0 Å². The van der Waals surface area contributed by atoms with E-state index >= 15 is 0 Å². The Morgan fingerprint density at radius 2 is 2.24 bits per heavy atom. The topological polar surface area (TPSA) is 84.3 Å². The summed E-state index contributed by atoms with van der Waals surface area (Å²) >= 11 is 0. The number of nitro groups is 1. The monoisotopic (exact) mass is 291 g/mol. The van der Waals surface area contributed by atoms with Gasteiger partial charge in [0.2, 0.25) is 0 Å². The first-order chi connectivity index (χ1) is 9.89. The highest BCUT2D eigenvalue weighted by atomic mass is 16.6. The third kappa shape index (κ3) is 4.01. The summed E-state index contributed by atoms with van der Waals surface area (Å²) in [7, 11) is 0. The quantitative estimate of drug-likeness (QED) is 0.656. The lowest BCUT2D eigenvalue weighted by molar-refractivity contribution is -0.384. The second-order valence-electron chi connectivity index (χ2n) is 6.09. The Kier molecular flexibility index (Phi) is 4.57. The van der Waals surface area contributed by atoms with Crippen LogP contribution in [0.25, 0.3) is 0 Å². The Labute approximate surface area is 124 Å². The van der Waals surface area contributed by atoms with Crippen molar-refractivity contribution >= 4 is 11.6 Å². The van der Waals surface area contributed by atoms with Crippen molar-refractivity contribution in [3.05, 3.63) is 39.4 Å². The molecule has 2 rings (SSSR count). The summed E-state index contributed by atoms with van der Waals surface area (Å²) in [6, 6.07) is 4.46. The van der Waals surface area contributed by atoms with E-state index in [2.05, 4.69) is 17.6 Å². The molecule has 0 aliphatic carbocycles. The van der Waals surface area contributed by atoms with Crippen LogP contribution in [0.2, 0.25) is 0 Å². The molecule has 21 heavy (non-hydrogen) atoms. The van der Waals surface area contributed by atoms with Crippen molar-refractivity contribution in [1.82, 2.24) is 10.6 Å². The average Bonchev–Trinajstić information content (AvgIpc) is 2.45. The van der Waals surface area contributed by atoms with Crippen LogP contribution in [0.3, 0.4) is 0 Å². The molecule has 1 aromatic carbocycles. The first-order valence-electron chi connectivity index (χ1n) is 7.15. The van der Waals surface area contributed by atoms with Crippen molar-refractivity contribution in [1.29, 1.82) is 0 Å². The minimum atomic E-state index is -0.476. The van der Waals surface area contributed by atoms with Crippen LogP contribution < -0.4 is 10.6 Å². The van der Waals surface area contributed by atoms with Crippen molar-refractivity contribution in [2.75, 3.05) is 19.6 Å². The number of nitrogens with zero attached hydrogens (tertiary/aromatic N) is 1. The van der Waals surface area contributed by atoms with Crippen LogP contribution in [0, 0.1) is 22.5 Å². The lowest BCUT2D eigenvalue weighted by Gasteiger charge is -2.34. The van der Waals surface area contributed by atoms with Crippen molar-refractivity contribution < 1.29 is 9.72 Å². The summed E-state index contributed by atoms with van der Waals surface area (Å²) < 4.78 is 0. The zero-order chi connectivity index (χ0) is 15.5. The lowest BCUT2D eigenvalue weighted by atomic mass is 9.83. The lowest BCUT2D eigenvalue weighted by Crippen LogP contribution is -2.45. The molecule has 1 atom stereocenters. The van der Waals surface area contributed by atoms with Gasteiger partial charge in [0.1, 0.15) is 0 Å². The molecule has 6 heteroatoms. The Morgan fingerprint density at radius 3 is 2.86 bits per heavy atom. The minimum Gasteiger partial charge on any atom is -0.351 e. The van der Waals surface area contributed by atoms with Gasteiger partial charge in [-0.2, -0.15) is 0 Å². The summed E-state index contributed by atoms with van der Waals surface area (Å²) in [6.07, 6.45) is 2.16. The van der Waals surface area contributed by atoms with E-state index in [1.165, 1.54) is 12.1 Å². The number of amides is 1. The number of piperidine rings is 1. The Bertz CT molecular complexity index is 551. The number of benzene rings is 1. The van der Waals surface area contributed by atoms with Crippen LogP contribution >= 0.6 is 0 Å². The number of carbonyl (C=O) groups is 1. The van der Waals surface area contributed by atoms with Crippen molar-refractivity contribution in [2.24, 2.45) is 5.41 Å². The molecule has 1 aliphatic rings. The van der Waals surface area contributed by atoms with E-state index in [9.17, 15) is 14.9 Å². The number of carbonyl (C=O) groups excluding carboxylic acids is 1. The largest absolute Gasteiger partial charge is 0.351 e. The molecule has 1 heterocycles. The van der Waals surface area contributed by atoms with Crippen molar-refractivity contribution in [3.8, 4) is 0 Å². The summed E-state index contributed by atoms with van der Waals surface area (Å²) in [6.45, 7) is 6.35. The average molecular weight is 291 g/mol. The minimum absolute atomic E-state index is 0.0453. The molecule has 0 spiro atoms. The highest BCUT2D eigenvalue weighted by Crippen LogP contribution is 2.24. The van der Waals surface area contributed by atoms with Gasteiger partial charge in [0.15, 0.2) is 0 Å². The first kappa shape index (κ1) is 15.4. The summed E-state index contributed by atoms with van der Waals surface area (Å²) in [5.74, 6) is -0.256. The zero-order valence-electron chi connectivity index (χ0n) is 12.4. The van der Waals surface area contributed by atoms with Crippen LogP contribution in [0.4, 0.5) is 5.69 Å². The van der Waals surface area contributed by atoms with E-state index in [0.717, 1.165) is 25.9 Å².